The molecule has 0 saturated carbocycles. The van der Waals surface area contributed by atoms with Gasteiger partial charge in [-0.3, -0.25) is 14.2 Å². The molecule has 1 aromatic heterocycles. The van der Waals surface area contributed by atoms with E-state index in [1.54, 1.807) is 38.1 Å². The van der Waals surface area contributed by atoms with E-state index in [0.717, 1.165) is 12.1 Å². The maximum absolute atomic E-state index is 13.8. The highest BCUT2D eigenvalue weighted by atomic mass is 35.5. The van der Waals surface area contributed by atoms with Crippen molar-refractivity contribution in [3.05, 3.63) is 91.9 Å². The van der Waals surface area contributed by atoms with Crippen LogP contribution in [0.5, 0.6) is 5.75 Å². The van der Waals surface area contributed by atoms with Crippen molar-refractivity contribution in [1.29, 1.82) is 0 Å². The predicted molar refractivity (Wildman–Crippen MR) is 111 cm³/mol. The van der Waals surface area contributed by atoms with E-state index in [2.05, 4.69) is 5.32 Å². The lowest BCUT2D eigenvalue weighted by atomic mass is 10.1. The normalized spacial score (nSPS) is 10.7. The van der Waals surface area contributed by atoms with Gasteiger partial charge in [0.15, 0.2) is 0 Å². The number of halogens is 3. The van der Waals surface area contributed by atoms with Crippen molar-refractivity contribution >= 4 is 17.5 Å². The standard InChI is InChI=1S/C22H19ClF2N2O3/c1-12-9-19(30-11-14-7-8-15(24)10-17(14)25)20(23)22(29)27(12)18-6-4-5-16(13(18)2)21(28)26-3/h4-10H,11H2,1-3H3,(H,26,28). The van der Waals surface area contributed by atoms with Crippen LogP contribution in [-0.4, -0.2) is 17.5 Å². The maximum atomic E-state index is 13.8. The average Bonchev–Trinajstić information content (AvgIpc) is 2.71. The van der Waals surface area contributed by atoms with Crippen molar-refractivity contribution in [3.63, 3.8) is 0 Å². The molecule has 0 spiro atoms. The number of nitrogens with one attached hydrogen (secondary N) is 1. The molecule has 1 N–H and O–H groups in total. The molecule has 3 aromatic rings. The lowest BCUT2D eigenvalue weighted by molar-refractivity contribution is 0.0962. The molecule has 30 heavy (non-hydrogen) atoms. The molecule has 1 amide bonds. The lowest BCUT2D eigenvalue weighted by Crippen LogP contribution is -2.24. The SMILES string of the molecule is CNC(=O)c1cccc(-n2c(C)cc(OCc3ccc(F)cc3F)c(Cl)c2=O)c1C. The molecule has 0 aliphatic heterocycles. The fourth-order valence-corrected chi connectivity index (χ4v) is 3.32. The number of carbonyl (C=O) groups is 1. The van der Waals surface area contributed by atoms with E-state index in [1.165, 1.54) is 17.7 Å². The summed E-state index contributed by atoms with van der Waals surface area (Å²) in [7, 11) is 1.53. The van der Waals surface area contributed by atoms with Gasteiger partial charge >= 0.3 is 0 Å². The molecule has 1 heterocycles. The van der Waals surface area contributed by atoms with Crippen molar-refractivity contribution in [3.8, 4) is 11.4 Å². The van der Waals surface area contributed by atoms with E-state index in [1.807, 2.05) is 0 Å². The molecule has 0 bridgehead atoms. The Morgan fingerprint density at radius 2 is 1.90 bits per heavy atom. The summed E-state index contributed by atoms with van der Waals surface area (Å²) in [5.41, 5.74) is 1.66. The Labute approximate surface area is 176 Å². The number of hydrogen-bond acceptors (Lipinski definition) is 3. The minimum atomic E-state index is -0.752. The quantitative estimate of drug-likeness (QED) is 0.653. The first-order valence-electron chi connectivity index (χ1n) is 9.05. The molecule has 0 aliphatic rings. The van der Waals surface area contributed by atoms with Gasteiger partial charge in [-0.15, -0.1) is 0 Å². The minimum absolute atomic E-state index is 0.0826. The molecule has 0 aliphatic carbocycles. The number of pyridine rings is 1. The van der Waals surface area contributed by atoms with E-state index >= 15 is 0 Å². The van der Waals surface area contributed by atoms with Crippen LogP contribution in [-0.2, 0) is 6.61 Å². The van der Waals surface area contributed by atoms with Crippen LogP contribution < -0.4 is 15.6 Å². The second-order valence-corrected chi connectivity index (χ2v) is 7.04. The van der Waals surface area contributed by atoms with Gasteiger partial charge < -0.3 is 10.1 Å². The number of ether oxygens (including phenoxy) is 1. The Hall–Kier alpha value is -3.19. The zero-order valence-electron chi connectivity index (χ0n) is 16.6. The molecule has 0 atom stereocenters. The molecule has 5 nitrogen and oxygen atoms in total. The summed E-state index contributed by atoms with van der Waals surface area (Å²) in [6, 6.07) is 9.74. The van der Waals surface area contributed by atoms with Crippen LogP contribution in [0.2, 0.25) is 5.02 Å². The third-order valence-corrected chi connectivity index (χ3v) is 5.06. The lowest BCUT2D eigenvalue weighted by Gasteiger charge is -2.17. The topological polar surface area (TPSA) is 60.3 Å². The van der Waals surface area contributed by atoms with Gasteiger partial charge in [-0.05, 0) is 43.7 Å². The highest BCUT2D eigenvalue weighted by Gasteiger charge is 2.18. The van der Waals surface area contributed by atoms with Crippen LogP contribution in [0.25, 0.3) is 5.69 Å². The summed E-state index contributed by atoms with van der Waals surface area (Å²) in [5, 5.41) is 2.38. The van der Waals surface area contributed by atoms with E-state index in [-0.39, 0.29) is 28.8 Å². The second kappa shape index (κ2) is 8.67. The Bertz CT molecular complexity index is 1190. The molecule has 2 aromatic carbocycles. The molecular weight excluding hydrogens is 414 g/mol. The van der Waals surface area contributed by atoms with Crippen LogP contribution in [0.4, 0.5) is 8.78 Å². The molecule has 0 unspecified atom stereocenters. The van der Waals surface area contributed by atoms with Crippen molar-refractivity contribution in [2.45, 2.75) is 20.5 Å². The molecular formula is C22H19ClF2N2O3. The summed E-state index contributed by atoms with van der Waals surface area (Å²) in [5.74, 6) is -1.63. The first-order chi connectivity index (χ1) is 14.2. The Kier molecular flexibility index (Phi) is 6.22. The Morgan fingerprint density at radius 1 is 1.17 bits per heavy atom. The first kappa shape index (κ1) is 21.5. The van der Waals surface area contributed by atoms with Gasteiger partial charge in [-0.2, -0.15) is 0 Å². The van der Waals surface area contributed by atoms with Crippen LogP contribution in [0.1, 0.15) is 27.2 Å². The predicted octanol–water partition coefficient (Wildman–Crippen LogP) is 4.32. The number of benzene rings is 2. The van der Waals surface area contributed by atoms with Crippen LogP contribution in [0, 0.1) is 25.5 Å². The summed E-state index contributed by atoms with van der Waals surface area (Å²) in [6.45, 7) is 3.20. The number of nitrogens with zero attached hydrogens (tertiary/aromatic N) is 1. The number of carbonyl (C=O) groups excluding carboxylic acids is 1. The minimum Gasteiger partial charge on any atom is -0.487 e. The van der Waals surface area contributed by atoms with Crippen LogP contribution >= 0.6 is 11.6 Å². The Morgan fingerprint density at radius 3 is 2.57 bits per heavy atom. The van der Waals surface area contributed by atoms with Crippen LogP contribution in [0.3, 0.4) is 0 Å². The van der Waals surface area contributed by atoms with Gasteiger partial charge in [0.2, 0.25) is 0 Å². The van der Waals surface area contributed by atoms with E-state index < -0.39 is 17.2 Å². The van der Waals surface area contributed by atoms with Gasteiger partial charge in [0.25, 0.3) is 11.5 Å². The van der Waals surface area contributed by atoms with Gasteiger partial charge in [0.05, 0.1) is 5.69 Å². The maximum Gasteiger partial charge on any atom is 0.277 e. The molecule has 0 saturated heterocycles. The summed E-state index contributed by atoms with van der Waals surface area (Å²) in [4.78, 5) is 25.0. The molecule has 0 fully saturated rings. The fourth-order valence-electron chi connectivity index (χ4n) is 3.13. The van der Waals surface area contributed by atoms with E-state index in [9.17, 15) is 18.4 Å². The summed E-state index contributed by atoms with van der Waals surface area (Å²) < 4.78 is 33.8. The zero-order chi connectivity index (χ0) is 22.0. The number of aryl methyl sites for hydroxylation is 1. The fraction of sp³-hybridized carbons (Fsp3) is 0.182. The third kappa shape index (κ3) is 4.07. The largest absolute Gasteiger partial charge is 0.487 e. The monoisotopic (exact) mass is 432 g/mol. The highest BCUT2D eigenvalue weighted by Crippen LogP contribution is 2.26. The number of hydrogen-bond donors (Lipinski definition) is 1. The van der Waals surface area contributed by atoms with Crippen molar-refractivity contribution in [1.82, 2.24) is 9.88 Å². The van der Waals surface area contributed by atoms with Gasteiger partial charge in [-0.1, -0.05) is 17.7 Å². The molecule has 0 radical (unpaired) electrons. The smallest absolute Gasteiger partial charge is 0.277 e. The van der Waals surface area contributed by atoms with Crippen molar-refractivity contribution < 1.29 is 18.3 Å². The average molecular weight is 433 g/mol. The number of amides is 1. The van der Waals surface area contributed by atoms with Crippen LogP contribution in [0.15, 0.2) is 47.3 Å². The molecule has 8 heteroatoms. The molecule has 156 valence electrons. The zero-order valence-corrected chi connectivity index (χ0v) is 17.3. The number of rotatable bonds is 5. The molecule has 3 rings (SSSR count). The van der Waals surface area contributed by atoms with Gasteiger partial charge in [-0.25, -0.2) is 8.78 Å². The van der Waals surface area contributed by atoms with Crippen molar-refractivity contribution in [2.24, 2.45) is 0 Å². The van der Waals surface area contributed by atoms with Gasteiger partial charge in [0, 0.05) is 36.0 Å². The third-order valence-electron chi connectivity index (χ3n) is 4.72. The highest BCUT2D eigenvalue weighted by molar-refractivity contribution is 6.31. The first-order valence-corrected chi connectivity index (χ1v) is 9.43. The van der Waals surface area contributed by atoms with Crippen molar-refractivity contribution in [2.75, 3.05) is 7.05 Å². The Balaban J connectivity index is 2.00. The number of aromatic nitrogens is 1. The summed E-state index contributed by atoms with van der Waals surface area (Å²) in [6.07, 6.45) is 0. The van der Waals surface area contributed by atoms with E-state index in [4.69, 9.17) is 16.3 Å². The second-order valence-electron chi connectivity index (χ2n) is 6.66. The van der Waals surface area contributed by atoms with E-state index in [0.29, 0.717) is 22.5 Å². The van der Waals surface area contributed by atoms with Gasteiger partial charge in [0.1, 0.15) is 29.0 Å². The summed E-state index contributed by atoms with van der Waals surface area (Å²) >= 11 is 6.24.